The van der Waals surface area contributed by atoms with E-state index in [1.165, 1.54) is 4.31 Å². The zero-order chi connectivity index (χ0) is 19.9. The van der Waals surface area contributed by atoms with Crippen LogP contribution in [0.3, 0.4) is 0 Å². The third kappa shape index (κ3) is 3.29. The number of carbonyl (C=O) groups excluding carboxylic acids is 1. The van der Waals surface area contributed by atoms with Crippen LogP contribution in [0, 0.1) is 0 Å². The Morgan fingerprint density at radius 3 is 2.61 bits per heavy atom. The van der Waals surface area contributed by atoms with Crippen molar-refractivity contribution in [1.29, 1.82) is 0 Å². The standard InChI is InChI=1S/C21H25N3O3S/c1-15(22)21(25)23-12-10-16-8-9-19(13-18(16)14-23)28(26,27)24-11-4-6-17-5-2-3-7-20(17)24/h2-3,5,7-9,13,15H,4,6,10-12,14,22H2,1H3/t15-/m0/s1. The van der Waals surface area contributed by atoms with Crippen molar-refractivity contribution in [3.8, 4) is 0 Å². The van der Waals surface area contributed by atoms with Gasteiger partial charge in [-0.15, -0.1) is 0 Å². The normalized spacial score (nSPS) is 17.6. The van der Waals surface area contributed by atoms with Crippen molar-refractivity contribution in [2.45, 2.75) is 43.7 Å². The third-order valence-electron chi connectivity index (χ3n) is 5.55. The molecular weight excluding hydrogens is 374 g/mol. The van der Waals surface area contributed by atoms with E-state index < -0.39 is 16.1 Å². The van der Waals surface area contributed by atoms with E-state index in [2.05, 4.69) is 0 Å². The summed E-state index contributed by atoms with van der Waals surface area (Å²) in [6.07, 6.45) is 2.40. The molecule has 0 spiro atoms. The minimum Gasteiger partial charge on any atom is -0.337 e. The molecular formula is C21H25N3O3S. The lowest BCUT2D eigenvalue weighted by Crippen LogP contribution is -2.44. The van der Waals surface area contributed by atoms with Crippen molar-refractivity contribution in [2.24, 2.45) is 5.73 Å². The summed E-state index contributed by atoms with van der Waals surface area (Å²) >= 11 is 0. The fraction of sp³-hybridized carbons (Fsp3) is 0.381. The highest BCUT2D eigenvalue weighted by molar-refractivity contribution is 7.92. The van der Waals surface area contributed by atoms with Crippen LogP contribution in [0.2, 0.25) is 0 Å². The van der Waals surface area contributed by atoms with Gasteiger partial charge >= 0.3 is 0 Å². The second-order valence-corrected chi connectivity index (χ2v) is 9.40. The van der Waals surface area contributed by atoms with Gasteiger partial charge < -0.3 is 10.6 Å². The number of amides is 1. The summed E-state index contributed by atoms with van der Waals surface area (Å²) in [6.45, 7) is 3.16. The Bertz CT molecular complexity index is 1020. The minimum atomic E-state index is -3.66. The van der Waals surface area contributed by atoms with Crippen LogP contribution >= 0.6 is 0 Å². The van der Waals surface area contributed by atoms with Gasteiger partial charge in [-0.2, -0.15) is 0 Å². The van der Waals surface area contributed by atoms with Crippen molar-refractivity contribution in [2.75, 3.05) is 17.4 Å². The number of hydrogen-bond donors (Lipinski definition) is 1. The van der Waals surface area contributed by atoms with Gasteiger partial charge in [-0.25, -0.2) is 8.42 Å². The van der Waals surface area contributed by atoms with E-state index in [0.29, 0.717) is 26.1 Å². The van der Waals surface area contributed by atoms with E-state index in [1.807, 2.05) is 30.3 Å². The Labute approximate surface area is 166 Å². The van der Waals surface area contributed by atoms with E-state index in [1.54, 1.807) is 24.0 Å². The highest BCUT2D eigenvalue weighted by Gasteiger charge is 2.30. The van der Waals surface area contributed by atoms with Crippen LogP contribution in [-0.2, 0) is 34.2 Å². The van der Waals surface area contributed by atoms with Crippen LogP contribution in [0.5, 0.6) is 0 Å². The molecule has 0 fully saturated rings. The predicted molar refractivity (Wildman–Crippen MR) is 109 cm³/mol. The third-order valence-corrected chi connectivity index (χ3v) is 7.36. The lowest BCUT2D eigenvalue weighted by atomic mass is 9.99. The molecule has 148 valence electrons. The quantitative estimate of drug-likeness (QED) is 0.856. The van der Waals surface area contributed by atoms with Gasteiger partial charge in [0.2, 0.25) is 5.91 Å². The van der Waals surface area contributed by atoms with Gasteiger partial charge in [0.25, 0.3) is 10.0 Å². The molecule has 2 aliphatic heterocycles. The van der Waals surface area contributed by atoms with Crippen molar-refractivity contribution in [3.05, 3.63) is 59.2 Å². The molecule has 1 atom stereocenters. The van der Waals surface area contributed by atoms with Crippen LogP contribution in [0.4, 0.5) is 5.69 Å². The van der Waals surface area contributed by atoms with Gasteiger partial charge in [0.15, 0.2) is 0 Å². The molecule has 2 aliphatic rings. The monoisotopic (exact) mass is 399 g/mol. The molecule has 0 aliphatic carbocycles. The molecule has 0 unspecified atom stereocenters. The number of aryl methyl sites for hydroxylation is 1. The summed E-state index contributed by atoms with van der Waals surface area (Å²) in [5, 5.41) is 0. The number of anilines is 1. The molecule has 7 heteroatoms. The van der Waals surface area contributed by atoms with E-state index in [-0.39, 0.29) is 10.8 Å². The van der Waals surface area contributed by atoms with Crippen LogP contribution < -0.4 is 10.0 Å². The Balaban J connectivity index is 1.68. The smallest absolute Gasteiger partial charge is 0.264 e. The molecule has 2 aromatic rings. The molecule has 0 saturated carbocycles. The second kappa shape index (κ2) is 7.22. The Morgan fingerprint density at radius 1 is 1.04 bits per heavy atom. The second-order valence-electron chi connectivity index (χ2n) is 7.54. The maximum atomic E-state index is 13.4. The number of nitrogens with zero attached hydrogens (tertiary/aromatic N) is 2. The van der Waals surface area contributed by atoms with Gasteiger partial charge in [-0.3, -0.25) is 9.10 Å². The van der Waals surface area contributed by atoms with Gasteiger partial charge in [0.1, 0.15) is 0 Å². The molecule has 2 heterocycles. The van der Waals surface area contributed by atoms with E-state index in [0.717, 1.165) is 35.2 Å². The summed E-state index contributed by atoms with van der Waals surface area (Å²) in [6, 6.07) is 12.4. The molecule has 2 aromatic carbocycles. The van der Waals surface area contributed by atoms with Crippen LogP contribution in [-0.4, -0.2) is 38.4 Å². The lowest BCUT2D eigenvalue weighted by molar-refractivity contribution is -0.133. The number of nitrogens with two attached hydrogens (primary N) is 1. The average molecular weight is 400 g/mol. The van der Waals surface area contributed by atoms with Gasteiger partial charge in [-0.1, -0.05) is 24.3 Å². The highest BCUT2D eigenvalue weighted by Crippen LogP contribution is 2.33. The SMILES string of the molecule is C[C@H](N)C(=O)N1CCc2ccc(S(=O)(=O)N3CCCc4ccccc43)cc2C1. The number of sulfonamides is 1. The maximum Gasteiger partial charge on any atom is 0.264 e. The molecule has 0 radical (unpaired) electrons. The number of rotatable bonds is 3. The fourth-order valence-corrected chi connectivity index (χ4v) is 5.64. The van der Waals surface area contributed by atoms with Gasteiger partial charge in [0.05, 0.1) is 16.6 Å². The summed E-state index contributed by atoms with van der Waals surface area (Å²) in [5.74, 6) is -0.108. The molecule has 2 N–H and O–H groups in total. The first-order chi connectivity index (χ1) is 13.4. The van der Waals surface area contributed by atoms with Crippen molar-refractivity contribution in [3.63, 3.8) is 0 Å². The number of hydrogen-bond acceptors (Lipinski definition) is 4. The van der Waals surface area contributed by atoms with Gasteiger partial charge in [-0.05, 0) is 61.1 Å². The minimum absolute atomic E-state index is 0.108. The summed E-state index contributed by atoms with van der Waals surface area (Å²) < 4.78 is 28.3. The molecule has 1 amide bonds. The van der Waals surface area contributed by atoms with Gasteiger partial charge in [0, 0.05) is 19.6 Å². The van der Waals surface area contributed by atoms with Crippen LogP contribution in [0.1, 0.15) is 30.0 Å². The van der Waals surface area contributed by atoms with Crippen LogP contribution in [0.15, 0.2) is 47.4 Å². The van der Waals surface area contributed by atoms with E-state index >= 15 is 0 Å². The fourth-order valence-electron chi connectivity index (χ4n) is 4.05. The van der Waals surface area contributed by atoms with Crippen molar-refractivity contribution >= 4 is 21.6 Å². The Hall–Kier alpha value is -2.38. The number of para-hydroxylation sites is 1. The number of carbonyl (C=O) groups is 1. The topological polar surface area (TPSA) is 83.7 Å². The molecule has 28 heavy (non-hydrogen) atoms. The Kier molecular flexibility index (Phi) is 4.89. The molecule has 4 rings (SSSR count). The molecule has 0 saturated heterocycles. The summed E-state index contributed by atoms with van der Waals surface area (Å²) in [7, 11) is -3.66. The molecule has 6 nitrogen and oxygen atoms in total. The predicted octanol–water partition coefficient (Wildman–Crippen LogP) is 2.06. The zero-order valence-electron chi connectivity index (χ0n) is 16.0. The Morgan fingerprint density at radius 2 is 1.82 bits per heavy atom. The highest BCUT2D eigenvalue weighted by atomic mass is 32.2. The molecule has 0 aromatic heterocycles. The number of fused-ring (bicyclic) bond motifs is 2. The van der Waals surface area contributed by atoms with Crippen molar-refractivity contribution < 1.29 is 13.2 Å². The van der Waals surface area contributed by atoms with Crippen LogP contribution in [0.25, 0.3) is 0 Å². The average Bonchev–Trinajstić information content (AvgIpc) is 2.71. The number of benzene rings is 2. The summed E-state index contributed by atoms with van der Waals surface area (Å²) in [4.78, 5) is 14.2. The molecule has 0 bridgehead atoms. The van der Waals surface area contributed by atoms with E-state index in [4.69, 9.17) is 5.73 Å². The first kappa shape index (κ1) is 19.0. The first-order valence-corrected chi connectivity index (χ1v) is 11.1. The lowest BCUT2D eigenvalue weighted by Gasteiger charge is -2.32. The largest absolute Gasteiger partial charge is 0.337 e. The summed E-state index contributed by atoms with van der Waals surface area (Å²) in [5.41, 5.74) is 9.53. The maximum absolute atomic E-state index is 13.4. The van der Waals surface area contributed by atoms with Crippen molar-refractivity contribution in [1.82, 2.24) is 4.90 Å². The zero-order valence-corrected chi connectivity index (χ0v) is 16.8. The van der Waals surface area contributed by atoms with E-state index in [9.17, 15) is 13.2 Å². The first-order valence-electron chi connectivity index (χ1n) is 9.65.